The number of aliphatic hydroxyl groups excluding tert-OH is 1. The molecule has 8 nitrogen and oxygen atoms in total. The van der Waals surface area contributed by atoms with Crippen LogP contribution < -0.4 is 20.7 Å². The maximum absolute atomic E-state index is 13.1. The molecule has 1 aliphatic heterocycles. The number of aliphatic hydroxyl groups is 1. The third-order valence-electron chi connectivity index (χ3n) is 6.41. The molecule has 4 aromatic rings. The van der Waals surface area contributed by atoms with Crippen LogP contribution in [0.3, 0.4) is 0 Å². The van der Waals surface area contributed by atoms with Crippen LogP contribution in [0.4, 0.5) is 30.5 Å². The largest absolute Gasteiger partial charge is 0.456 e. The third-order valence-corrected chi connectivity index (χ3v) is 6.70. The minimum atomic E-state index is -4.50. The Bertz CT molecular complexity index is 1620. The number of alkyl halides is 3. The van der Waals surface area contributed by atoms with Crippen LogP contribution in [0.25, 0.3) is 6.08 Å². The average Bonchev–Trinajstić information content (AvgIpc) is 3.21. The van der Waals surface area contributed by atoms with Crippen LogP contribution in [0.5, 0.6) is 11.5 Å². The van der Waals surface area contributed by atoms with E-state index in [0.29, 0.717) is 47.0 Å². The van der Waals surface area contributed by atoms with Crippen LogP contribution in [0.2, 0.25) is 5.02 Å². The molecule has 1 amide bonds. The number of carbonyl (C=O) groups excluding carboxylic acids is 1. The predicted octanol–water partition coefficient (Wildman–Crippen LogP) is 6.73. The fourth-order valence-electron chi connectivity index (χ4n) is 4.27. The summed E-state index contributed by atoms with van der Waals surface area (Å²) in [5, 5.41) is 19.7. The molecule has 1 unspecified atom stereocenters. The van der Waals surface area contributed by atoms with Crippen molar-refractivity contribution in [3.8, 4) is 11.5 Å². The molecule has 0 bridgehead atoms. The first-order valence-corrected chi connectivity index (χ1v) is 13.3. The number of amides is 1. The van der Waals surface area contributed by atoms with Crippen LogP contribution in [-0.4, -0.2) is 34.1 Å². The number of carbonyl (C=O) groups is 1. The zero-order valence-electron chi connectivity index (χ0n) is 22.0. The van der Waals surface area contributed by atoms with Crippen molar-refractivity contribution in [1.29, 1.82) is 0 Å². The van der Waals surface area contributed by atoms with Gasteiger partial charge in [-0.25, -0.2) is 9.97 Å². The Balaban J connectivity index is 1.31. The van der Waals surface area contributed by atoms with Gasteiger partial charge in [-0.15, -0.1) is 0 Å². The van der Waals surface area contributed by atoms with E-state index in [2.05, 4.69) is 25.9 Å². The maximum Gasteiger partial charge on any atom is 0.416 e. The van der Waals surface area contributed by atoms with Crippen LogP contribution in [0, 0.1) is 0 Å². The van der Waals surface area contributed by atoms with Crippen molar-refractivity contribution in [2.45, 2.75) is 18.7 Å². The first-order chi connectivity index (χ1) is 20.2. The number of hydrogen-bond acceptors (Lipinski definition) is 7. The predicted molar refractivity (Wildman–Crippen MR) is 154 cm³/mol. The molecule has 1 aliphatic rings. The van der Waals surface area contributed by atoms with E-state index in [1.54, 1.807) is 30.3 Å². The molecule has 0 saturated heterocycles. The van der Waals surface area contributed by atoms with Gasteiger partial charge in [0.05, 0.1) is 22.3 Å². The van der Waals surface area contributed by atoms with Gasteiger partial charge in [-0.1, -0.05) is 48.0 Å². The summed E-state index contributed by atoms with van der Waals surface area (Å²) in [7, 11) is 0. The Hall–Kier alpha value is -4.61. The van der Waals surface area contributed by atoms with Crippen molar-refractivity contribution in [1.82, 2.24) is 15.3 Å². The number of aromatic nitrogens is 2. The van der Waals surface area contributed by atoms with Gasteiger partial charge in [-0.3, -0.25) is 4.79 Å². The van der Waals surface area contributed by atoms with Gasteiger partial charge in [0.15, 0.2) is 0 Å². The number of nitrogens with one attached hydrogen (secondary N) is 3. The number of halogens is 4. The highest BCUT2D eigenvalue weighted by atomic mass is 35.5. The summed E-state index contributed by atoms with van der Waals surface area (Å²) in [5.41, 5.74) is 1.41. The topological polar surface area (TPSA) is 108 Å². The van der Waals surface area contributed by atoms with Crippen LogP contribution >= 0.6 is 11.6 Å². The van der Waals surface area contributed by atoms with Gasteiger partial charge >= 0.3 is 6.18 Å². The van der Waals surface area contributed by atoms with Crippen molar-refractivity contribution in [2.24, 2.45) is 0 Å². The normalized spacial score (nSPS) is 13.6. The maximum atomic E-state index is 13.1. The van der Waals surface area contributed by atoms with Crippen LogP contribution in [0.1, 0.15) is 29.2 Å². The Morgan fingerprint density at radius 2 is 1.88 bits per heavy atom. The monoisotopic (exact) mass is 595 g/mol. The molecule has 42 heavy (non-hydrogen) atoms. The van der Waals surface area contributed by atoms with Crippen molar-refractivity contribution in [3.05, 3.63) is 106 Å². The Labute approximate surface area is 244 Å². The second-order valence-electron chi connectivity index (χ2n) is 9.37. The molecular weight excluding hydrogens is 571 g/mol. The average molecular weight is 596 g/mol. The molecule has 216 valence electrons. The number of benzene rings is 3. The van der Waals surface area contributed by atoms with Crippen molar-refractivity contribution in [2.75, 3.05) is 23.7 Å². The fraction of sp³-hybridized carbons (Fsp3) is 0.167. The van der Waals surface area contributed by atoms with E-state index < -0.39 is 17.8 Å². The van der Waals surface area contributed by atoms with Crippen molar-refractivity contribution in [3.63, 3.8) is 0 Å². The van der Waals surface area contributed by atoms with Gasteiger partial charge in [0.1, 0.15) is 29.5 Å². The second-order valence-corrected chi connectivity index (χ2v) is 9.77. The minimum Gasteiger partial charge on any atom is -0.456 e. The van der Waals surface area contributed by atoms with E-state index >= 15 is 0 Å². The summed E-state index contributed by atoms with van der Waals surface area (Å²) in [6.45, 7) is 0.502. The van der Waals surface area contributed by atoms with E-state index in [1.165, 1.54) is 24.5 Å². The number of hydrogen-bond donors (Lipinski definition) is 4. The van der Waals surface area contributed by atoms with Gasteiger partial charge in [0.2, 0.25) is 5.91 Å². The van der Waals surface area contributed by atoms with E-state index in [1.807, 2.05) is 18.2 Å². The molecule has 1 aromatic heterocycles. The molecule has 2 heterocycles. The van der Waals surface area contributed by atoms with Gasteiger partial charge in [0, 0.05) is 24.4 Å². The van der Waals surface area contributed by atoms with E-state index in [4.69, 9.17) is 16.3 Å². The summed E-state index contributed by atoms with van der Waals surface area (Å²) >= 11 is 6.40. The molecule has 1 atom stereocenters. The number of ether oxygens (including phenoxy) is 1. The lowest BCUT2D eigenvalue weighted by Crippen LogP contribution is -2.29. The van der Waals surface area contributed by atoms with Gasteiger partial charge in [0.25, 0.3) is 0 Å². The summed E-state index contributed by atoms with van der Waals surface area (Å²) in [6.07, 6.45) is -1.88. The van der Waals surface area contributed by atoms with Crippen LogP contribution in [0.15, 0.2) is 84.7 Å². The van der Waals surface area contributed by atoms with Gasteiger partial charge < -0.3 is 25.8 Å². The summed E-state index contributed by atoms with van der Waals surface area (Å²) in [4.78, 5) is 21.6. The highest BCUT2D eigenvalue weighted by molar-refractivity contribution is 6.32. The highest BCUT2D eigenvalue weighted by Gasteiger charge is 2.30. The molecule has 4 N–H and O–H groups in total. The highest BCUT2D eigenvalue weighted by Crippen LogP contribution is 2.36. The minimum absolute atomic E-state index is 0.00754. The van der Waals surface area contributed by atoms with E-state index in [-0.39, 0.29) is 29.0 Å². The fourth-order valence-corrected chi connectivity index (χ4v) is 4.49. The van der Waals surface area contributed by atoms with Crippen molar-refractivity contribution >= 4 is 40.9 Å². The molecule has 0 spiro atoms. The van der Waals surface area contributed by atoms with Gasteiger partial charge in [-0.05, 0) is 54.5 Å². The number of rotatable bonds is 8. The number of fused-ring (bicyclic) bond motifs is 1. The van der Waals surface area contributed by atoms with E-state index in [9.17, 15) is 23.1 Å². The Morgan fingerprint density at radius 1 is 1.07 bits per heavy atom. The third kappa shape index (κ3) is 6.99. The first kappa shape index (κ1) is 28.9. The first-order valence-electron chi connectivity index (χ1n) is 12.9. The Kier molecular flexibility index (Phi) is 8.60. The lowest BCUT2D eigenvalue weighted by molar-refractivity contribution is -0.137. The molecule has 0 radical (unpaired) electrons. The molecule has 0 aliphatic carbocycles. The lowest BCUT2D eigenvalue weighted by atomic mass is 10.1. The molecule has 5 rings (SSSR count). The number of anilines is 3. The zero-order chi connectivity index (χ0) is 29.7. The van der Waals surface area contributed by atoms with Gasteiger partial charge in [-0.2, -0.15) is 13.2 Å². The van der Waals surface area contributed by atoms with Crippen molar-refractivity contribution < 1.29 is 27.8 Å². The molecule has 0 fully saturated rings. The quantitative estimate of drug-likeness (QED) is 0.179. The smallest absolute Gasteiger partial charge is 0.416 e. The summed E-state index contributed by atoms with van der Waals surface area (Å²) in [5.74, 6) is 0.753. The second kappa shape index (κ2) is 12.5. The SMILES string of the molecule is O=C(NCC(O)c1ccccc1)C1=Cc2c(ncnc2Nc2ccc(Oc3cccc(C(F)(F)F)c3)c(Cl)c2)NCC1. The lowest BCUT2D eigenvalue weighted by Gasteiger charge is -2.14. The van der Waals surface area contributed by atoms with E-state index in [0.717, 1.165) is 12.1 Å². The zero-order valence-corrected chi connectivity index (χ0v) is 22.7. The molecule has 0 saturated carbocycles. The van der Waals surface area contributed by atoms with Crippen LogP contribution in [-0.2, 0) is 11.0 Å². The molecule has 3 aromatic carbocycles. The number of nitrogens with zero attached hydrogens (tertiary/aromatic N) is 2. The summed E-state index contributed by atoms with van der Waals surface area (Å²) in [6, 6.07) is 18.3. The molecule has 12 heteroatoms. The Morgan fingerprint density at radius 3 is 2.64 bits per heavy atom. The molecular formula is C30H25ClF3N5O3. The standard InChI is InChI=1S/C30H25ClF3N5O3/c31-24-15-21(9-10-26(24)42-22-8-4-7-20(14-22)30(32,33)34)39-28-23-13-19(11-12-35-27(23)37-17-38-28)29(41)36-16-25(40)18-5-2-1-3-6-18/h1-10,13-15,17,25,40H,11-12,16H2,(H,36,41)(H2,35,37,38,39). The summed E-state index contributed by atoms with van der Waals surface area (Å²) < 4.78 is 44.8.